The Morgan fingerprint density at radius 3 is 2.39 bits per heavy atom. The summed E-state index contributed by atoms with van der Waals surface area (Å²) in [7, 11) is -3.65. The first-order valence-electron chi connectivity index (χ1n) is 6.23. The number of methoxy groups -OCH3 is 1. The third-order valence-electron chi connectivity index (χ3n) is 3.25. The Morgan fingerprint density at radius 1 is 1.26 bits per heavy atom. The van der Waals surface area contributed by atoms with E-state index in [0.29, 0.717) is 11.8 Å². The summed E-state index contributed by atoms with van der Waals surface area (Å²) in [5, 5.41) is 0.0476. The van der Waals surface area contributed by atoms with Crippen molar-refractivity contribution in [1.82, 2.24) is 9.71 Å². The highest BCUT2D eigenvalue weighted by Gasteiger charge is 2.65. The van der Waals surface area contributed by atoms with E-state index in [0.717, 1.165) is 13.3 Å². The van der Waals surface area contributed by atoms with Crippen LogP contribution in [0.25, 0.3) is 10.9 Å². The molecule has 10 heteroatoms. The number of H-pyrrole nitrogens is 1. The smallest absolute Gasteiger partial charge is 0.422 e. The molecule has 0 fully saturated rings. The summed E-state index contributed by atoms with van der Waals surface area (Å²) >= 11 is 0. The minimum absolute atomic E-state index is 0.0476. The lowest BCUT2D eigenvalue weighted by Crippen LogP contribution is -2.61. The van der Waals surface area contributed by atoms with E-state index in [1.54, 1.807) is 6.07 Å². The predicted octanol–water partition coefficient (Wildman–Crippen LogP) is 1.65. The summed E-state index contributed by atoms with van der Waals surface area (Å²) in [5.41, 5.74) is -3.82. The molecule has 0 saturated carbocycles. The minimum atomic E-state index is -5.27. The zero-order chi connectivity index (χ0) is 17.5. The molecule has 0 aliphatic carbocycles. The monoisotopic (exact) mass is 350 g/mol. The molecule has 6 nitrogen and oxygen atoms in total. The molecule has 2 aromatic rings. The SMILES string of the molecule is COC(=O)[C@@](NS(C)(=O)=O)(c1c[nH]c2ccccc12)C(F)(F)F. The van der Waals surface area contributed by atoms with E-state index in [1.165, 1.54) is 22.9 Å². The topological polar surface area (TPSA) is 88.3 Å². The van der Waals surface area contributed by atoms with Crippen LogP contribution in [0, 0.1) is 0 Å². The van der Waals surface area contributed by atoms with Gasteiger partial charge in [-0.05, 0) is 6.07 Å². The third kappa shape index (κ3) is 2.91. The molecule has 2 rings (SSSR count). The molecular weight excluding hydrogens is 337 g/mol. The molecule has 1 heterocycles. The molecule has 0 bridgehead atoms. The van der Waals surface area contributed by atoms with Crippen molar-refractivity contribution in [1.29, 1.82) is 0 Å². The van der Waals surface area contributed by atoms with Crippen molar-refractivity contribution in [2.45, 2.75) is 11.7 Å². The molecule has 23 heavy (non-hydrogen) atoms. The van der Waals surface area contributed by atoms with Gasteiger partial charge in [-0.1, -0.05) is 18.2 Å². The van der Waals surface area contributed by atoms with Crippen LogP contribution < -0.4 is 4.72 Å². The summed E-state index contributed by atoms with van der Waals surface area (Å²) in [4.78, 5) is 14.6. The standard InChI is InChI=1S/C13H13F3N2O4S/c1-22-11(19)12(13(14,15)16,18-23(2,20)21)9-7-17-10-6-4-3-5-8(9)10/h3-7,17-18H,1-2H3/t12-/m0/s1. The van der Waals surface area contributed by atoms with E-state index in [9.17, 15) is 26.4 Å². The van der Waals surface area contributed by atoms with Gasteiger partial charge in [-0.25, -0.2) is 13.2 Å². The third-order valence-corrected chi connectivity index (χ3v) is 3.93. The number of carbonyl (C=O) groups is 1. The van der Waals surface area contributed by atoms with Crippen molar-refractivity contribution in [2.24, 2.45) is 0 Å². The fourth-order valence-electron chi connectivity index (χ4n) is 2.35. The average Bonchev–Trinajstić information content (AvgIpc) is 2.85. The Bertz CT molecular complexity index is 844. The number of halogens is 3. The molecule has 1 aromatic heterocycles. The highest BCUT2D eigenvalue weighted by molar-refractivity contribution is 7.88. The Kier molecular flexibility index (Phi) is 4.16. The number of aromatic nitrogens is 1. The van der Waals surface area contributed by atoms with Gasteiger partial charge >= 0.3 is 12.1 Å². The van der Waals surface area contributed by atoms with Gasteiger partial charge in [0.2, 0.25) is 10.0 Å². The number of esters is 1. The van der Waals surface area contributed by atoms with Gasteiger partial charge < -0.3 is 9.72 Å². The second-order valence-electron chi connectivity index (χ2n) is 4.86. The maximum atomic E-state index is 13.8. The van der Waals surface area contributed by atoms with Crippen LogP contribution in [-0.2, 0) is 25.1 Å². The van der Waals surface area contributed by atoms with E-state index in [-0.39, 0.29) is 5.39 Å². The number of carbonyl (C=O) groups excluding carboxylic acids is 1. The number of sulfonamides is 1. The minimum Gasteiger partial charge on any atom is -0.467 e. The van der Waals surface area contributed by atoms with E-state index in [2.05, 4.69) is 9.72 Å². The number of nitrogens with one attached hydrogen (secondary N) is 2. The molecular formula is C13H13F3N2O4S. The van der Waals surface area contributed by atoms with Gasteiger partial charge in [0.1, 0.15) is 0 Å². The summed E-state index contributed by atoms with van der Waals surface area (Å²) in [6, 6.07) is 5.89. The van der Waals surface area contributed by atoms with Crippen LogP contribution >= 0.6 is 0 Å². The zero-order valence-corrected chi connectivity index (χ0v) is 12.9. The van der Waals surface area contributed by atoms with Gasteiger partial charge in [-0.3, -0.25) is 0 Å². The van der Waals surface area contributed by atoms with E-state index in [4.69, 9.17) is 0 Å². The molecule has 0 aliphatic rings. The quantitative estimate of drug-likeness (QED) is 0.821. The molecule has 0 radical (unpaired) electrons. The Hall–Kier alpha value is -2.07. The van der Waals surface area contributed by atoms with Gasteiger partial charge in [0.15, 0.2) is 0 Å². The normalized spacial score (nSPS) is 15.3. The maximum Gasteiger partial charge on any atom is 0.422 e. The Labute approximate surface area is 129 Å². The number of benzene rings is 1. The second-order valence-corrected chi connectivity index (χ2v) is 6.61. The van der Waals surface area contributed by atoms with E-state index in [1.807, 2.05) is 0 Å². The summed E-state index contributed by atoms with van der Waals surface area (Å²) in [6.07, 6.45) is -3.80. The summed E-state index contributed by atoms with van der Waals surface area (Å²) in [5.74, 6) is -1.78. The molecule has 1 atom stereocenters. The molecule has 126 valence electrons. The first-order chi connectivity index (χ1) is 10.5. The summed E-state index contributed by atoms with van der Waals surface area (Å²) in [6.45, 7) is 0. The number of para-hydroxylation sites is 1. The highest BCUT2D eigenvalue weighted by atomic mass is 32.2. The van der Waals surface area contributed by atoms with Gasteiger partial charge in [0.05, 0.1) is 13.4 Å². The molecule has 0 aliphatic heterocycles. The Balaban J connectivity index is 2.87. The number of fused-ring (bicyclic) bond motifs is 1. The van der Waals surface area contributed by atoms with Crippen LogP contribution in [-0.4, -0.2) is 38.9 Å². The van der Waals surface area contributed by atoms with Gasteiger partial charge in [-0.15, -0.1) is 0 Å². The maximum absolute atomic E-state index is 13.8. The van der Waals surface area contributed by atoms with E-state index < -0.39 is 33.3 Å². The van der Waals surface area contributed by atoms with Crippen LogP contribution in [0.3, 0.4) is 0 Å². The number of aromatic amines is 1. The number of rotatable bonds is 4. The molecule has 2 N–H and O–H groups in total. The first kappa shape index (κ1) is 17.3. The van der Waals surface area contributed by atoms with Crippen molar-refractivity contribution in [3.63, 3.8) is 0 Å². The molecule has 1 aromatic carbocycles. The first-order valence-corrected chi connectivity index (χ1v) is 8.13. The lowest BCUT2D eigenvalue weighted by atomic mass is 9.90. The van der Waals surface area contributed by atoms with Crippen molar-refractivity contribution >= 4 is 26.9 Å². The van der Waals surface area contributed by atoms with Crippen LogP contribution in [0.15, 0.2) is 30.5 Å². The van der Waals surface area contributed by atoms with Gasteiger partial charge in [0.25, 0.3) is 5.54 Å². The lowest BCUT2D eigenvalue weighted by molar-refractivity contribution is -0.210. The number of alkyl halides is 3. The molecule has 0 unspecified atom stereocenters. The fraction of sp³-hybridized carbons (Fsp3) is 0.308. The zero-order valence-electron chi connectivity index (χ0n) is 12.1. The van der Waals surface area contributed by atoms with Crippen molar-refractivity contribution in [3.8, 4) is 0 Å². The summed E-state index contributed by atoms with van der Waals surface area (Å²) < 4.78 is 70.1. The molecule has 0 spiro atoms. The van der Waals surface area contributed by atoms with Crippen LogP contribution in [0.1, 0.15) is 5.56 Å². The molecule has 0 saturated heterocycles. The average molecular weight is 350 g/mol. The number of hydrogen-bond donors (Lipinski definition) is 2. The second kappa shape index (κ2) is 5.53. The number of ether oxygens (including phenoxy) is 1. The van der Waals surface area contributed by atoms with E-state index >= 15 is 0 Å². The van der Waals surface area contributed by atoms with Crippen molar-refractivity contribution in [3.05, 3.63) is 36.0 Å². The fourth-order valence-corrected chi connectivity index (χ4v) is 3.21. The highest BCUT2D eigenvalue weighted by Crippen LogP contribution is 2.43. The molecule has 0 amide bonds. The lowest BCUT2D eigenvalue weighted by Gasteiger charge is -2.32. The van der Waals surface area contributed by atoms with Crippen LogP contribution in [0.5, 0.6) is 0 Å². The van der Waals surface area contributed by atoms with Gasteiger partial charge in [-0.2, -0.15) is 17.9 Å². The van der Waals surface area contributed by atoms with Crippen LogP contribution in [0.4, 0.5) is 13.2 Å². The van der Waals surface area contributed by atoms with Gasteiger partial charge in [0, 0.05) is 22.7 Å². The van der Waals surface area contributed by atoms with Crippen molar-refractivity contribution < 1.29 is 31.1 Å². The van der Waals surface area contributed by atoms with Crippen molar-refractivity contribution in [2.75, 3.05) is 13.4 Å². The number of hydrogen-bond acceptors (Lipinski definition) is 4. The Morgan fingerprint density at radius 2 is 1.87 bits per heavy atom. The largest absolute Gasteiger partial charge is 0.467 e. The predicted molar refractivity (Wildman–Crippen MR) is 76.0 cm³/mol. The van der Waals surface area contributed by atoms with Crippen LogP contribution in [0.2, 0.25) is 0 Å².